The highest BCUT2D eigenvalue weighted by molar-refractivity contribution is 7.86. The summed E-state index contributed by atoms with van der Waals surface area (Å²) in [6, 6.07) is 28.7. The summed E-state index contributed by atoms with van der Waals surface area (Å²) in [5, 5.41) is 9.82. The number of methoxy groups -OCH3 is 1. The van der Waals surface area contributed by atoms with E-state index in [2.05, 4.69) is 36.9 Å². The zero-order valence-corrected chi connectivity index (χ0v) is 32.9. The number of aryl methyl sites for hydroxylation is 1. The van der Waals surface area contributed by atoms with Gasteiger partial charge in [0.2, 0.25) is 0 Å². The van der Waals surface area contributed by atoms with Crippen LogP contribution in [-0.4, -0.2) is 83.7 Å². The van der Waals surface area contributed by atoms with Crippen molar-refractivity contribution in [3.05, 3.63) is 119 Å². The van der Waals surface area contributed by atoms with Crippen LogP contribution in [0.2, 0.25) is 0 Å². The highest BCUT2D eigenvalue weighted by Crippen LogP contribution is 2.41. The second kappa shape index (κ2) is 17.9. The van der Waals surface area contributed by atoms with Crippen molar-refractivity contribution in [2.75, 3.05) is 58.0 Å². The van der Waals surface area contributed by atoms with Crippen LogP contribution in [0.15, 0.2) is 95.9 Å². The van der Waals surface area contributed by atoms with E-state index >= 15 is 0 Å². The van der Waals surface area contributed by atoms with Gasteiger partial charge in [0.05, 0.1) is 57.7 Å². The Bertz CT molecular complexity index is 2000. The quantitative estimate of drug-likeness (QED) is 0.0851. The molecule has 0 spiro atoms. The van der Waals surface area contributed by atoms with Gasteiger partial charge < -0.3 is 33.9 Å². The Kier molecular flexibility index (Phi) is 13.0. The molecule has 1 saturated heterocycles. The van der Waals surface area contributed by atoms with Crippen molar-refractivity contribution in [1.29, 1.82) is 0 Å². The summed E-state index contributed by atoms with van der Waals surface area (Å²) >= 11 is 0. The molecule has 2 unspecified atom stereocenters. The number of nitrogens with zero attached hydrogens (tertiary/aromatic N) is 2. The van der Waals surface area contributed by atoms with Crippen molar-refractivity contribution in [1.82, 2.24) is 4.90 Å². The molecule has 2 aliphatic rings. The van der Waals surface area contributed by atoms with Gasteiger partial charge in [-0.25, -0.2) is 4.79 Å². The van der Waals surface area contributed by atoms with Gasteiger partial charge in [-0.2, -0.15) is 8.42 Å². The molecule has 4 aromatic carbocycles. The highest BCUT2D eigenvalue weighted by Gasteiger charge is 2.36. The van der Waals surface area contributed by atoms with Crippen LogP contribution in [0.4, 0.5) is 10.5 Å². The summed E-state index contributed by atoms with van der Waals surface area (Å²) in [5.41, 5.74) is 6.07. The molecule has 2 atom stereocenters. The zero-order valence-electron chi connectivity index (χ0n) is 32.1. The van der Waals surface area contributed by atoms with E-state index in [-0.39, 0.29) is 35.5 Å². The maximum atomic E-state index is 12.8. The lowest BCUT2D eigenvalue weighted by atomic mass is 9.86. The molecule has 0 saturated carbocycles. The van der Waals surface area contributed by atoms with Gasteiger partial charge in [-0.1, -0.05) is 74.0 Å². The molecule has 6 rings (SSSR count). The molecular weight excluding hydrogens is 721 g/mol. The minimum Gasteiger partial charge on any atom is -0.496 e. The first-order valence-electron chi connectivity index (χ1n) is 18.8. The van der Waals surface area contributed by atoms with Gasteiger partial charge in [0.15, 0.2) is 0 Å². The average molecular weight is 773 g/mol. The smallest absolute Gasteiger partial charge is 0.407 e. The van der Waals surface area contributed by atoms with Crippen molar-refractivity contribution in [2.24, 2.45) is 0 Å². The Morgan fingerprint density at radius 1 is 0.927 bits per heavy atom. The van der Waals surface area contributed by atoms with Crippen LogP contribution in [0.25, 0.3) is 0 Å². The van der Waals surface area contributed by atoms with Crippen LogP contribution in [-0.2, 0) is 42.4 Å². The number of para-hydroxylation sites is 1. The number of benzene rings is 4. The van der Waals surface area contributed by atoms with Gasteiger partial charge in [0.25, 0.3) is 10.1 Å². The fourth-order valence-electron chi connectivity index (χ4n) is 7.39. The molecule has 1 fully saturated rings. The van der Waals surface area contributed by atoms with E-state index in [1.54, 1.807) is 31.4 Å². The Morgan fingerprint density at radius 2 is 1.69 bits per heavy atom. The summed E-state index contributed by atoms with van der Waals surface area (Å²) < 4.78 is 54.8. The number of piperidine rings is 1. The third-order valence-electron chi connectivity index (χ3n) is 10.4. The molecule has 11 nitrogen and oxygen atoms in total. The fourth-order valence-corrected chi connectivity index (χ4v) is 8.29. The van der Waals surface area contributed by atoms with E-state index in [1.165, 1.54) is 10.5 Å². The number of likely N-dealkylation sites (tertiary alicyclic amines) is 1. The Morgan fingerprint density at radius 3 is 2.44 bits per heavy atom. The fraction of sp³-hybridized carbons (Fsp3) is 0.419. The van der Waals surface area contributed by atoms with Gasteiger partial charge in [-0.3, -0.25) is 4.18 Å². The topological polar surface area (TPSA) is 124 Å². The van der Waals surface area contributed by atoms with Crippen LogP contribution in [0.1, 0.15) is 60.4 Å². The number of carboxylic acid groups (broad SMARTS) is 1. The lowest BCUT2D eigenvalue weighted by Gasteiger charge is -2.37. The van der Waals surface area contributed by atoms with Crippen molar-refractivity contribution in [2.45, 2.75) is 69.2 Å². The summed E-state index contributed by atoms with van der Waals surface area (Å²) in [6.07, 6.45) is 0.0726. The molecule has 1 N–H and O–H groups in total. The van der Waals surface area contributed by atoms with Crippen LogP contribution in [0.3, 0.4) is 0 Å². The second-order valence-electron chi connectivity index (χ2n) is 14.9. The number of rotatable bonds is 17. The number of fused-ring (bicyclic) bond motifs is 1. The number of hydrogen-bond acceptors (Lipinski definition) is 9. The van der Waals surface area contributed by atoms with Gasteiger partial charge in [-0.05, 0) is 66.4 Å². The molecule has 2 aliphatic heterocycles. The first-order chi connectivity index (χ1) is 26.4. The molecule has 0 radical (unpaired) electrons. The van der Waals surface area contributed by atoms with Crippen molar-refractivity contribution in [3.8, 4) is 11.5 Å². The molecule has 294 valence electrons. The molecule has 12 heteroatoms. The molecule has 0 aromatic heterocycles. The lowest BCUT2D eigenvalue weighted by Crippen LogP contribution is -2.46. The standard InChI is InChI=1S/C43H52N2O9S/c1-31-10-17-36(18-11-31)55(48,49)54-25-22-45-30-43(2,3)38-19-12-32(26-39(38)45)28-53-41-27-44(42(46)47)21-20-37(41)33-13-15-35(16-14-33)52-24-7-23-51-29-34-8-5-6-9-40(34)50-4/h5-6,8-19,26,37,41H,7,20-25,27-30H2,1-4H3,(H,46,47). The molecule has 55 heavy (non-hydrogen) atoms. The monoisotopic (exact) mass is 772 g/mol. The SMILES string of the molecule is COc1ccccc1COCCCOc1ccc(C2CCN(C(=O)O)CC2OCc2ccc3c(c2)N(CCOS(=O)(=O)c2ccc(C)cc2)CC3(C)C)cc1. The largest absolute Gasteiger partial charge is 0.496 e. The number of hydrogen-bond donors (Lipinski definition) is 1. The number of carbonyl (C=O) groups is 1. The highest BCUT2D eigenvalue weighted by atomic mass is 32.2. The maximum Gasteiger partial charge on any atom is 0.407 e. The van der Waals surface area contributed by atoms with E-state index in [4.69, 9.17) is 23.1 Å². The molecular formula is C43H52N2O9S. The molecule has 2 heterocycles. The number of anilines is 1. The Balaban J connectivity index is 1.04. The summed E-state index contributed by atoms with van der Waals surface area (Å²) in [6.45, 7) is 9.95. The van der Waals surface area contributed by atoms with Gasteiger partial charge in [0.1, 0.15) is 11.5 Å². The third-order valence-corrected chi connectivity index (χ3v) is 11.7. The first kappa shape index (κ1) is 40.1. The number of amides is 1. The van der Waals surface area contributed by atoms with Gasteiger partial charge in [0, 0.05) is 48.6 Å². The van der Waals surface area contributed by atoms with Crippen molar-refractivity contribution in [3.63, 3.8) is 0 Å². The Labute approximate surface area is 324 Å². The van der Waals surface area contributed by atoms with Crippen LogP contribution < -0.4 is 14.4 Å². The molecule has 0 bridgehead atoms. The van der Waals surface area contributed by atoms with Gasteiger partial charge >= 0.3 is 6.09 Å². The van der Waals surface area contributed by atoms with E-state index in [0.717, 1.165) is 52.4 Å². The van der Waals surface area contributed by atoms with E-state index < -0.39 is 16.2 Å². The predicted molar refractivity (Wildman–Crippen MR) is 211 cm³/mol. The van der Waals surface area contributed by atoms with Crippen LogP contribution in [0.5, 0.6) is 11.5 Å². The Hall–Kier alpha value is -4.62. The molecule has 1 amide bonds. The van der Waals surface area contributed by atoms with Crippen LogP contribution >= 0.6 is 0 Å². The van der Waals surface area contributed by atoms with Crippen molar-refractivity contribution < 1.29 is 41.4 Å². The predicted octanol–water partition coefficient (Wildman–Crippen LogP) is 7.55. The number of ether oxygens (including phenoxy) is 4. The van der Waals surface area contributed by atoms with E-state index in [0.29, 0.717) is 45.9 Å². The average Bonchev–Trinajstić information content (AvgIpc) is 3.43. The van der Waals surface area contributed by atoms with E-state index in [9.17, 15) is 18.3 Å². The third kappa shape index (κ3) is 10.2. The van der Waals surface area contributed by atoms with Crippen LogP contribution in [0, 0.1) is 6.92 Å². The normalized spacial score (nSPS) is 17.9. The summed E-state index contributed by atoms with van der Waals surface area (Å²) in [7, 11) is -2.22. The summed E-state index contributed by atoms with van der Waals surface area (Å²) in [4.78, 5) is 15.7. The van der Waals surface area contributed by atoms with Gasteiger partial charge in [-0.15, -0.1) is 0 Å². The minimum absolute atomic E-state index is 0.00511. The molecule has 4 aromatic rings. The molecule has 0 aliphatic carbocycles. The maximum absolute atomic E-state index is 12.8. The lowest BCUT2D eigenvalue weighted by molar-refractivity contribution is -0.0199. The van der Waals surface area contributed by atoms with Crippen molar-refractivity contribution >= 4 is 21.9 Å². The minimum atomic E-state index is -3.87. The summed E-state index contributed by atoms with van der Waals surface area (Å²) in [5.74, 6) is 1.58. The first-order valence-corrected chi connectivity index (χ1v) is 20.2. The second-order valence-corrected chi connectivity index (χ2v) is 16.5. The van der Waals surface area contributed by atoms with E-state index in [1.807, 2.05) is 55.5 Å². The zero-order chi connectivity index (χ0) is 39.0.